The van der Waals surface area contributed by atoms with Crippen molar-refractivity contribution < 1.29 is 27.1 Å². The van der Waals surface area contributed by atoms with Crippen molar-refractivity contribution in [3.05, 3.63) is 35.9 Å². The zero-order valence-corrected chi connectivity index (χ0v) is 10.3. The molecular formula is C12H13F4NO2. The maximum atomic E-state index is 13.5. The Balaban J connectivity index is 2.85. The number of ether oxygens (including phenoxy) is 1. The highest BCUT2D eigenvalue weighted by Gasteiger charge is 2.63. The van der Waals surface area contributed by atoms with Crippen molar-refractivity contribution >= 4 is 5.91 Å². The van der Waals surface area contributed by atoms with Crippen LogP contribution < -0.4 is 5.32 Å². The van der Waals surface area contributed by atoms with Crippen molar-refractivity contribution in [2.24, 2.45) is 0 Å². The minimum Gasteiger partial charge on any atom is -0.344 e. The molecular weight excluding hydrogens is 266 g/mol. The minimum atomic E-state index is -5.44. The Morgan fingerprint density at radius 2 is 1.74 bits per heavy atom. The van der Waals surface area contributed by atoms with Gasteiger partial charge in [-0.1, -0.05) is 30.3 Å². The largest absolute Gasteiger partial charge is 0.458 e. The van der Waals surface area contributed by atoms with Gasteiger partial charge in [-0.15, -0.1) is 0 Å². The molecule has 1 aromatic rings. The summed E-state index contributed by atoms with van der Waals surface area (Å²) in [6, 6.07) is 7.45. The molecule has 1 rings (SSSR count). The van der Waals surface area contributed by atoms with Gasteiger partial charge in [0, 0.05) is 7.11 Å². The zero-order chi connectivity index (χ0) is 14.7. The summed E-state index contributed by atoms with van der Waals surface area (Å²) in [7, 11) is 0.486. The number of carbonyl (C=O) groups excluding carboxylic acids is 1. The topological polar surface area (TPSA) is 38.3 Å². The van der Waals surface area contributed by atoms with Crippen LogP contribution in [0.1, 0.15) is 18.5 Å². The number of amides is 1. The molecule has 0 aliphatic rings. The predicted octanol–water partition coefficient (Wildman–Crippen LogP) is 2.74. The van der Waals surface area contributed by atoms with Crippen molar-refractivity contribution in [3.8, 4) is 0 Å². The van der Waals surface area contributed by atoms with Crippen LogP contribution in [0.4, 0.5) is 17.6 Å². The SMILES string of the molecule is COC(F)(C(=O)NC(C)c1ccccc1)C(F)(F)F. The smallest absolute Gasteiger partial charge is 0.344 e. The number of benzene rings is 1. The molecule has 19 heavy (non-hydrogen) atoms. The Hall–Kier alpha value is -1.63. The molecule has 0 fully saturated rings. The van der Waals surface area contributed by atoms with Crippen molar-refractivity contribution in [1.29, 1.82) is 0 Å². The van der Waals surface area contributed by atoms with Crippen molar-refractivity contribution in [1.82, 2.24) is 5.32 Å². The average Bonchev–Trinajstić information content (AvgIpc) is 2.37. The maximum absolute atomic E-state index is 13.5. The number of alkyl halides is 4. The number of hydrogen-bond donors (Lipinski definition) is 1. The fourth-order valence-electron chi connectivity index (χ4n) is 1.45. The molecule has 2 unspecified atom stereocenters. The second kappa shape index (κ2) is 5.56. The van der Waals surface area contributed by atoms with Crippen LogP contribution in [-0.2, 0) is 9.53 Å². The first-order chi connectivity index (χ1) is 8.72. The van der Waals surface area contributed by atoms with Gasteiger partial charge in [-0.25, -0.2) is 0 Å². The lowest BCUT2D eigenvalue weighted by Crippen LogP contribution is -2.55. The fourth-order valence-corrected chi connectivity index (χ4v) is 1.45. The molecule has 2 atom stereocenters. The molecule has 0 saturated carbocycles. The van der Waals surface area contributed by atoms with Gasteiger partial charge in [0.1, 0.15) is 0 Å². The van der Waals surface area contributed by atoms with Crippen LogP contribution in [0.15, 0.2) is 30.3 Å². The lowest BCUT2D eigenvalue weighted by Gasteiger charge is -2.26. The predicted molar refractivity (Wildman–Crippen MR) is 59.9 cm³/mol. The Morgan fingerprint density at radius 1 is 1.21 bits per heavy atom. The fraction of sp³-hybridized carbons (Fsp3) is 0.417. The third-order valence-electron chi connectivity index (χ3n) is 2.59. The Kier molecular flexibility index (Phi) is 4.52. The standard InChI is InChI=1S/C12H13F4NO2/c1-8(9-6-4-3-5-7-9)17-10(18)11(13,19-2)12(14,15)16/h3-8H,1-2H3,(H,17,18). The van der Waals surface area contributed by atoms with Crippen LogP contribution >= 0.6 is 0 Å². The number of carbonyl (C=O) groups is 1. The van der Waals surface area contributed by atoms with Gasteiger partial charge in [0.15, 0.2) is 0 Å². The van der Waals surface area contributed by atoms with Crippen molar-refractivity contribution in [2.75, 3.05) is 7.11 Å². The lowest BCUT2D eigenvalue weighted by molar-refractivity contribution is -0.307. The number of hydrogen-bond acceptors (Lipinski definition) is 2. The van der Waals surface area contributed by atoms with Crippen LogP contribution in [-0.4, -0.2) is 25.0 Å². The summed E-state index contributed by atoms with van der Waals surface area (Å²) in [5.41, 5.74) is 0.552. The Morgan fingerprint density at radius 3 is 2.16 bits per heavy atom. The van der Waals surface area contributed by atoms with Gasteiger partial charge in [0.2, 0.25) is 0 Å². The normalized spacial score (nSPS) is 16.5. The second-order valence-electron chi connectivity index (χ2n) is 3.90. The molecule has 0 aliphatic carbocycles. The average molecular weight is 279 g/mol. The summed E-state index contributed by atoms with van der Waals surface area (Å²) in [5.74, 6) is -6.23. The third-order valence-corrected chi connectivity index (χ3v) is 2.59. The molecule has 0 aliphatic heterocycles. The summed E-state index contributed by atoms with van der Waals surface area (Å²) < 4.78 is 54.6. The zero-order valence-electron chi connectivity index (χ0n) is 10.3. The molecule has 0 heterocycles. The molecule has 0 bridgehead atoms. The molecule has 0 saturated heterocycles. The highest BCUT2D eigenvalue weighted by Crippen LogP contribution is 2.35. The van der Waals surface area contributed by atoms with E-state index in [4.69, 9.17) is 0 Å². The van der Waals surface area contributed by atoms with Gasteiger partial charge in [-0.3, -0.25) is 4.79 Å². The number of nitrogens with one attached hydrogen (secondary N) is 1. The van der Waals surface area contributed by atoms with E-state index >= 15 is 0 Å². The van der Waals surface area contributed by atoms with Crippen molar-refractivity contribution in [2.45, 2.75) is 25.0 Å². The number of rotatable bonds is 4. The molecule has 7 heteroatoms. The van der Waals surface area contributed by atoms with E-state index in [1.807, 2.05) is 5.32 Å². The van der Waals surface area contributed by atoms with Gasteiger partial charge >= 0.3 is 12.0 Å². The van der Waals surface area contributed by atoms with Crippen LogP contribution in [0, 0.1) is 0 Å². The summed E-state index contributed by atoms with van der Waals surface area (Å²) in [6.45, 7) is 1.44. The monoisotopic (exact) mass is 279 g/mol. The lowest BCUT2D eigenvalue weighted by atomic mass is 10.1. The summed E-state index contributed by atoms with van der Waals surface area (Å²) >= 11 is 0. The van der Waals surface area contributed by atoms with Gasteiger partial charge in [-0.05, 0) is 12.5 Å². The van der Waals surface area contributed by atoms with E-state index < -0.39 is 24.0 Å². The molecule has 1 aromatic carbocycles. The molecule has 0 aromatic heterocycles. The molecule has 0 radical (unpaired) electrons. The van der Waals surface area contributed by atoms with E-state index in [1.54, 1.807) is 30.3 Å². The van der Waals surface area contributed by atoms with E-state index in [-0.39, 0.29) is 0 Å². The summed E-state index contributed by atoms with van der Waals surface area (Å²) in [4.78, 5) is 11.4. The van der Waals surface area contributed by atoms with E-state index in [0.717, 1.165) is 0 Å². The van der Waals surface area contributed by atoms with Crippen LogP contribution in [0.2, 0.25) is 0 Å². The van der Waals surface area contributed by atoms with Gasteiger partial charge in [0.05, 0.1) is 6.04 Å². The highest BCUT2D eigenvalue weighted by molar-refractivity contribution is 5.84. The third kappa shape index (κ3) is 3.23. The molecule has 3 nitrogen and oxygen atoms in total. The van der Waals surface area contributed by atoms with Crippen LogP contribution in [0.25, 0.3) is 0 Å². The van der Waals surface area contributed by atoms with Crippen molar-refractivity contribution in [3.63, 3.8) is 0 Å². The molecule has 1 amide bonds. The number of halogens is 4. The first kappa shape index (κ1) is 15.4. The first-order valence-electron chi connectivity index (χ1n) is 5.39. The summed E-state index contributed by atoms with van der Waals surface area (Å²) in [6.07, 6.45) is -5.44. The highest BCUT2D eigenvalue weighted by atomic mass is 19.4. The van der Waals surface area contributed by atoms with Gasteiger partial charge < -0.3 is 10.1 Å². The quantitative estimate of drug-likeness (QED) is 0.861. The van der Waals surface area contributed by atoms with E-state index in [1.165, 1.54) is 6.92 Å². The minimum absolute atomic E-state index is 0.486. The molecule has 106 valence electrons. The molecule has 1 N–H and O–H groups in total. The van der Waals surface area contributed by atoms with E-state index in [0.29, 0.717) is 12.7 Å². The Bertz CT molecular complexity index is 435. The first-order valence-corrected chi connectivity index (χ1v) is 5.39. The van der Waals surface area contributed by atoms with Gasteiger partial charge in [-0.2, -0.15) is 17.6 Å². The summed E-state index contributed by atoms with van der Waals surface area (Å²) in [5, 5.41) is 1.94. The van der Waals surface area contributed by atoms with E-state index in [2.05, 4.69) is 4.74 Å². The van der Waals surface area contributed by atoms with Gasteiger partial charge in [0.25, 0.3) is 5.91 Å². The van der Waals surface area contributed by atoms with Crippen LogP contribution in [0.5, 0.6) is 0 Å². The Labute approximate surface area is 107 Å². The van der Waals surface area contributed by atoms with Crippen LogP contribution in [0.3, 0.4) is 0 Å². The van der Waals surface area contributed by atoms with E-state index in [9.17, 15) is 22.4 Å². The maximum Gasteiger partial charge on any atom is 0.458 e. The number of methoxy groups -OCH3 is 1. The molecule has 0 spiro atoms. The second-order valence-corrected chi connectivity index (χ2v) is 3.90.